The van der Waals surface area contributed by atoms with Crippen molar-refractivity contribution in [3.05, 3.63) is 12.2 Å². The van der Waals surface area contributed by atoms with Crippen LogP contribution in [0.5, 0.6) is 0 Å². The molecule has 0 heterocycles. The normalized spacial score (nSPS) is 14.2. The lowest BCUT2D eigenvalue weighted by molar-refractivity contribution is -0.131. The molecule has 0 aromatic rings. The lowest BCUT2D eigenvalue weighted by Gasteiger charge is -2.24. The molecule has 4 N–H and O–H groups in total. The van der Waals surface area contributed by atoms with Gasteiger partial charge in [0.2, 0.25) is 5.91 Å². The molecule has 1 amide bonds. The van der Waals surface area contributed by atoms with Gasteiger partial charge in [-0.1, -0.05) is 161 Å². The Morgan fingerprint density at radius 2 is 0.955 bits per heavy atom. The first kappa shape index (κ1) is 43.0. The molecule has 262 valence electrons. The summed E-state index contributed by atoms with van der Waals surface area (Å²) in [5.74, 6) is -1.46. The molecule has 0 rings (SSSR count). The maximum Gasteiger partial charge on any atom is 0.266 e. The first-order valence-electron chi connectivity index (χ1n) is 18.5. The van der Waals surface area contributed by atoms with Gasteiger partial charge < -0.3 is 15.5 Å². The standard InChI is InChI=1S/C36H71NO6S/c1-3-5-7-9-10-11-12-13-14-15-16-17-18-19-20-21-22-23-24-25-27-29-31-35(39)36(40)37-33(32-44(41,42)43)34(38)30-28-26-8-6-4-2/h19-20,33-35,38-39H,3-18,21-32H2,1-2H3,(H,37,40)(H,41,42,43)/b20-19-. The summed E-state index contributed by atoms with van der Waals surface area (Å²) in [5, 5.41) is 23.2. The topological polar surface area (TPSA) is 124 Å². The molecule has 0 aromatic heterocycles. The van der Waals surface area contributed by atoms with E-state index in [9.17, 15) is 28.0 Å². The SMILES string of the molecule is CCCCCCCCCCCCCC/C=C\CCCCCCCCC(O)C(=O)NC(CS(=O)(=O)O)C(O)CCCCCCC. The van der Waals surface area contributed by atoms with Crippen molar-refractivity contribution >= 4 is 16.0 Å². The van der Waals surface area contributed by atoms with Crippen LogP contribution in [0.15, 0.2) is 12.2 Å². The molecule has 0 bridgehead atoms. The van der Waals surface area contributed by atoms with Crippen molar-refractivity contribution in [1.29, 1.82) is 0 Å². The van der Waals surface area contributed by atoms with Crippen LogP contribution in [0.2, 0.25) is 0 Å². The molecule has 0 aliphatic carbocycles. The molecular formula is C36H71NO6S. The number of rotatable bonds is 33. The summed E-state index contributed by atoms with van der Waals surface area (Å²) < 4.78 is 32.1. The summed E-state index contributed by atoms with van der Waals surface area (Å²) in [6.07, 6.45) is 33.0. The second-order valence-corrected chi connectivity index (χ2v) is 14.5. The van der Waals surface area contributed by atoms with Crippen LogP contribution < -0.4 is 5.32 Å². The number of hydrogen-bond acceptors (Lipinski definition) is 5. The number of carbonyl (C=O) groups excluding carboxylic acids is 1. The third-order valence-corrected chi connectivity index (χ3v) is 9.36. The average Bonchev–Trinajstić information content (AvgIpc) is 2.98. The van der Waals surface area contributed by atoms with Crippen LogP contribution >= 0.6 is 0 Å². The van der Waals surface area contributed by atoms with Gasteiger partial charge in [0, 0.05) is 0 Å². The van der Waals surface area contributed by atoms with E-state index in [1.807, 2.05) is 0 Å². The van der Waals surface area contributed by atoms with Crippen LogP contribution in [-0.2, 0) is 14.9 Å². The van der Waals surface area contributed by atoms with Gasteiger partial charge in [0.15, 0.2) is 0 Å². The molecule has 0 aromatic carbocycles. The Morgan fingerprint density at radius 3 is 1.36 bits per heavy atom. The fourth-order valence-electron chi connectivity index (χ4n) is 5.69. The predicted octanol–water partition coefficient (Wildman–Crippen LogP) is 9.21. The first-order chi connectivity index (χ1) is 21.2. The molecule has 0 fully saturated rings. The van der Waals surface area contributed by atoms with Gasteiger partial charge in [0.1, 0.15) is 6.10 Å². The monoisotopic (exact) mass is 646 g/mol. The molecule has 8 heteroatoms. The van der Waals surface area contributed by atoms with Gasteiger partial charge in [-0.3, -0.25) is 9.35 Å². The summed E-state index contributed by atoms with van der Waals surface area (Å²) in [4.78, 5) is 12.5. The minimum Gasteiger partial charge on any atom is -0.391 e. The number of allylic oxidation sites excluding steroid dienone is 2. The highest BCUT2D eigenvalue weighted by molar-refractivity contribution is 7.85. The van der Waals surface area contributed by atoms with Crippen LogP contribution in [0.4, 0.5) is 0 Å². The molecule has 0 spiro atoms. The van der Waals surface area contributed by atoms with Crippen molar-refractivity contribution in [1.82, 2.24) is 5.32 Å². The average molecular weight is 646 g/mol. The molecule has 3 atom stereocenters. The van der Waals surface area contributed by atoms with E-state index in [4.69, 9.17) is 0 Å². The van der Waals surface area contributed by atoms with E-state index in [2.05, 4.69) is 31.3 Å². The van der Waals surface area contributed by atoms with Crippen LogP contribution in [-0.4, -0.2) is 53.1 Å². The maximum absolute atomic E-state index is 12.5. The molecule has 44 heavy (non-hydrogen) atoms. The van der Waals surface area contributed by atoms with Gasteiger partial charge in [0.05, 0.1) is 17.9 Å². The molecule has 7 nitrogen and oxygen atoms in total. The van der Waals surface area contributed by atoms with Gasteiger partial charge in [-0.15, -0.1) is 0 Å². The van der Waals surface area contributed by atoms with Gasteiger partial charge in [0.25, 0.3) is 10.1 Å². The van der Waals surface area contributed by atoms with Crippen molar-refractivity contribution < 1.29 is 28.0 Å². The summed E-state index contributed by atoms with van der Waals surface area (Å²) in [7, 11) is -4.39. The van der Waals surface area contributed by atoms with E-state index < -0.39 is 40.0 Å². The maximum atomic E-state index is 12.5. The van der Waals surface area contributed by atoms with Gasteiger partial charge >= 0.3 is 0 Å². The second-order valence-electron chi connectivity index (χ2n) is 13.0. The van der Waals surface area contributed by atoms with Crippen molar-refractivity contribution in [2.75, 3.05) is 5.75 Å². The van der Waals surface area contributed by atoms with Crippen molar-refractivity contribution in [2.45, 2.75) is 205 Å². The van der Waals surface area contributed by atoms with Crippen molar-refractivity contribution in [2.24, 2.45) is 0 Å². The zero-order valence-electron chi connectivity index (χ0n) is 28.7. The fraction of sp³-hybridized carbons (Fsp3) is 0.917. The number of amides is 1. The first-order valence-corrected chi connectivity index (χ1v) is 20.1. The Balaban J connectivity index is 3.80. The van der Waals surface area contributed by atoms with Crippen molar-refractivity contribution in [3.63, 3.8) is 0 Å². The van der Waals surface area contributed by atoms with E-state index in [0.717, 1.165) is 51.4 Å². The number of nitrogens with one attached hydrogen (secondary N) is 1. The third kappa shape index (κ3) is 29.7. The minimum atomic E-state index is -4.39. The molecular weight excluding hydrogens is 574 g/mol. The zero-order chi connectivity index (χ0) is 32.7. The molecule has 3 unspecified atom stereocenters. The zero-order valence-corrected chi connectivity index (χ0v) is 29.5. The number of unbranched alkanes of at least 4 members (excludes halogenated alkanes) is 22. The fourth-order valence-corrected chi connectivity index (χ4v) is 6.45. The van der Waals surface area contributed by atoms with Crippen molar-refractivity contribution in [3.8, 4) is 0 Å². The predicted molar refractivity (Wildman–Crippen MR) is 186 cm³/mol. The highest BCUT2D eigenvalue weighted by Crippen LogP contribution is 2.15. The smallest absolute Gasteiger partial charge is 0.266 e. The Morgan fingerprint density at radius 1 is 0.591 bits per heavy atom. The van der Waals surface area contributed by atoms with E-state index in [-0.39, 0.29) is 0 Å². The summed E-state index contributed by atoms with van der Waals surface area (Å²) in [6.45, 7) is 4.38. The molecule has 0 saturated carbocycles. The molecule has 0 aliphatic rings. The second kappa shape index (κ2) is 30.7. The van der Waals surface area contributed by atoms with Crippen LogP contribution in [0.25, 0.3) is 0 Å². The lowest BCUT2D eigenvalue weighted by atomic mass is 10.0. The number of hydrogen-bond donors (Lipinski definition) is 4. The van der Waals surface area contributed by atoms with Gasteiger partial charge in [-0.05, 0) is 38.5 Å². The Bertz CT molecular complexity index is 773. The van der Waals surface area contributed by atoms with E-state index >= 15 is 0 Å². The lowest BCUT2D eigenvalue weighted by Crippen LogP contribution is -2.50. The quantitative estimate of drug-likeness (QED) is 0.0320. The Labute approximate surface area is 272 Å². The Hall–Kier alpha value is -0.960. The molecule has 0 saturated heterocycles. The van der Waals surface area contributed by atoms with E-state index in [1.165, 1.54) is 96.3 Å². The highest BCUT2D eigenvalue weighted by Gasteiger charge is 2.28. The van der Waals surface area contributed by atoms with Gasteiger partial charge in [-0.25, -0.2) is 0 Å². The van der Waals surface area contributed by atoms with E-state index in [1.54, 1.807) is 0 Å². The number of aliphatic hydroxyl groups is 2. The summed E-state index contributed by atoms with van der Waals surface area (Å²) in [5.41, 5.74) is 0. The Kier molecular flexibility index (Phi) is 30.0. The van der Waals surface area contributed by atoms with Gasteiger partial charge in [-0.2, -0.15) is 8.42 Å². The summed E-state index contributed by atoms with van der Waals surface area (Å²) in [6, 6.07) is -1.14. The molecule has 0 aliphatic heterocycles. The number of carbonyl (C=O) groups is 1. The number of aliphatic hydroxyl groups excluding tert-OH is 2. The van der Waals surface area contributed by atoms with Crippen LogP contribution in [0.3, 0.4) is 0 Å². The minimum absolute atomic E-state index is 0.291. The molecule has 0 radical (unpaired) electrons. The third-order valence-electron chi connectivity index (χ3n) is 8.58. The summed E-state index contributed by atoms with van der Waals surface area (Å²) >= 11 is 0. The van der Waals surface area contributed by atoms with Crippen LogP contribution in [0, 0.1) is 0 Å². The van der Waals surface area contributed by atoms with Crippen LogP contribution in [0.1, 0.15) is 187 Å². The van der Waals surface area contributed by atoms with E-state index in [0.29, 0.717) is 25.7 Å². The highest BCUT2D eigenvalue weighted by atomic mass is 32.2. The largest absolute Gasteiger partial charge is 0.391 e.